The molecule has 0 atom stereocenters. The van der Waals surface area contributed by atoms with Crippen LogP contribution in [0.25, 0.3) is 0 Å². The van der Waals surface area contributed by atoms with Crippen LogP contribution in [0.5, 0.6) is 5.75 Å². The van der Waals surface area contributed by atoms with Gasteiger partial charge in [-0.15, -0.1) is 0 Å². The third-order valence-electron chi connectivity index (χ3n) is 3.84. The lowest BCUT2D eigenvalue weighted by Gasteiger charge is -2.12. The third-order valence-corrected chi connectivity index (χ3v) is 4.68. The molecule has 3 rings (SSSR count). The molecule has 0 unspecified atom stereocenters. The lowest BCUT2D eigenvalue weighted by Crippen LogP contribution is -2.24. The summed E-state index contributed by atoms with van der Waals surface area (Å²) in [4.78, 5) is 25.1. The minimum atomic E-state index is -0.304. The van der Waals surface area contributed by atoms with Gasteiger partial charge < -0.3 is 19.8 Å². The van der Waals surface area contributed by atoms with Crippen molar-refractivity contribution in [2.45, 2.75) is 6.54 Å². The highest BCUT2D eigenvalue weighted by Gasteiger charge is 2.15. The molecule has 3 aromatic rings. The van der Waals surface area contributed by atoms with Gasteiger partial charge in [0.05, 0.1) is 34.7 Å². The second-order valence-corrected chi connectivity index (χ2v) is 6.77. The van der Waals surface area contributed by atoms with Crippen molar-refractivity contribution < 1.29 is 18.7 Å². The summed E-state index contributed by atoms with van der Waals surface area (Å²) in [5.41, 5.74) is 1.29. The number of methoxy groups -OCH3 is 1. The van der Waals surface area contributed by atoms with Crippen molar-refractivity contribution in [2.75, 3.05) is 12.4 Å². The zero-order chi connectivity index (χ0) is 19.2. The van der Waals surface area contributed by atoms with Crippen LogP contribution in [0.2, 0.25) is 0 Å². The maximum absolute atomic E-state index is 12.6. The van der Waals surface area contributed by atoms with E-state index in [1.165, 1.54) is 0 Å². The Hall–Kier alpha value is -2.81. The molecular formula is C20H17IN2O4. The predicted molar refractivity (Wildman–Crippen MR) is 110 cm³/mol. The monoisotopic (exact) mass is 476 g/mol. The summed E-state index contributed by atoms with van der Waals surface area (Å²) in [5, 5.41) is 5.58. The first kappa shape index (κ1) is 19.0. The molecule has 0 aliphatic heterocycles. The molecule has 0 radical (unpaired) electrons. The zero-order valence-corrected chi connectivity index (χ0v) is 16.6. The first-order chi connectivity index (χ1) is 13.1. The molecule has 0 saturated carbocycles. The number of nitrogens with one attached hydrogen (secondary N) is 2. The fourth-order valence-electron chi connectivity index (χ4n) is 2.47. The Morgan fingerprint density at radius 3 is 2.59 bits per heavy atom. The standard InChI is InChI=1S/C20H17IN2O4/c1-26-18-9-8-13(11-16(18)21)19(24)23-17-7-3-2-6-15(17)20(25)22-12-14-5-4-10-27-14/h2-11H,12H2,1H3,(H,22,25)(H,23,24). The minimum absolute atomic E-state index is 0.269. The quantitative estimate of drug-likeness (QED) is 0.526. The van der Waals surface area contributed by atoms with E-state index in [9.17, 15) is 9.59 Å². The average molecular weight is 476 g/mol. The molecule has 0 spiro atoms. The van der Waals surface area contributed by atoms with Crippen molar-refractivity contribution >= 4 is 40.1 Å². The maximum atomic E-state index is 12.6. The normalized spacial score (nSPS) is 10.3. The van der Waals surface area contributed by atoms with Crippen LogP contribution in [-0.4, -0.2) is 18.9 Å². The first-order valence-electron chi connectivity index (χ1n) is 8.13. The molecular weight excluding hydrogens is 459 g/mol. The van der Waals surface area contributed by atoms with Crippen LogP contribution in [0.15, 0.2) is 65.3 Å². The molecule has 6 nitrogen and oxygen atoms in total. The second kappa shape index (κ2) is 8.72. The van der Waals surface area contributed by atoms with E-state index in [1.807, 2.05) is 0 Å². The number of hydrogen-bond acceptors (Lipinski definition) is 4. The van der Waals surface area contributed by atoms with Gasteiger partial charge in [-0.3, -0.25) is 9.59 Å². The highest BCUT2D eigenvalue weighted by atomic mass is 127. The molecule has 0 aliphatic rings. The van der Waals surface area contributed by atoms with Crippen molar-refractivity contribution in [3.8, 4) is 5.75 Å². The fourth-order valence-corrected chi connectivity index (χ4v) is 3.20. The van der Waals surface area contributed by atoms with E-state index in [0.717, 1.165) is 3.57 Å². The number of furan rings is 1. The van der Waals surface area contributed by atoms with Crippen LogP contribution in [0.3, 0.4) is 0 Å². The van der Waals surface area contributed by atoms with E-state index in [2.05, 4.69) is 33.2 Å². The van der Waals surface area contributed by atoms with Crippen LogP contribution in [-0.2, 0) is 6.54 Å². The number of anilines is 1. The summed E-state index contributed by atoms with van der Waals surface area (Å²) >= 11 is 2.11. The van der Waals surface area contributed by atoms with E-state index in [1.54, 1.807) is 68.0 Å². The molecule has 7 heteroatoms. The summed E-state index contributed by atoms with van der Waals surface area (Å²) in [5.74, 6) is 0.746. The molecule has 1 aromatic heterocycles. The molecule has 0 fully saturated rings. The molecule has 27 heavy (non-hydrogen) atoms. The van der Waals surface area contributed by atoms with Crippen molar-refractivity contribution in [2.24, 2.45) is 0 Å². The topological polar surface area (TPSA) is 80.6 Å². The minimum Gasteiger partial charge on any atom is -0.496 e. The summed E-state index contributed by atoms with van der Waals surface area (Å²) in [6, 6.07) is 15.5. The van der Waals surface area contributed by atoms with Crippen LogP contribution in [0.4, 0.5) is 5.69 Å². The number of amides is 2. The number of rotatable bonds is 6. The molecule has 0 aliphatic carbocycles. The molecule has 2 aromatic carbocycles. The van der Waals surface area contributed by atoms with Gasteiger partial charge in [0.1, 0.15) is 11.5 Å². The number of halogens is 1. The van der Waals surface area contributed by atoms with E-state index in [0.29, 0.717) is 28.3 Å². The third kappa shape index (κ3) is 4.68. The van der Waals surface area contributed by atoms with Crippen molar-refractivity contribution in [3.05, 3.63) is 81.3 Å². The van der Waals surface area contributed by atoms with Crippen LogP contribution < -0.4 is 15.4 Å². The number of carbonyl (C=O) groups excluding carboxylic acids is 2. The largest absolute Gasteiger partial charge is 0.496 e. The summed E-state index contributed by atoms with van der Waals surface area (Å²) in [7, 11) is 1.58. The van der Waals surface area contributed by atoms with Crippen LogP contribution in [0.1, 0.15) is 26.5 Å². The van der Waals surface area contributed by atoms with Crippen molar-refractivity contribution in [3.63, 3.8) is 0 Å². The van der Waals surface area contributed by atoms with Gasteiger partial charge >= 0.3 is 0 Å². The molecule has 2 amide bonds. The number of hydrogen-bond donors (Lipinski definition) is 2. The number of carbonyl (C=O) groups is 2. The van der Waals surface area contributed by atoms with Gasteiger partial charge in [0.25, 0.3) is 11.8 Å². The highest BCUT2D eigenvalue weighted by molar-refractivity contribution is 14.1. The van der Waals surface area contributed by atoms with Gasteiger partial charge in [0.15, 0.2) is 0 Å². The smallest absolute Gasteiger partial charge is 0.255 e. The fraction of sp³-hybridized carbons (Fsp3) is 0.100. The van der Waals surface area contributed by atoms with E-state index < -0.39 is 0 Å². The Kier molecular flexibility index (Phi) is 6.12. The Morgan fingerprint density at radius 1 is 1.07 bits per heavy atom. The Bertz CT molecular complexity index is 954. The Labute approximate surface area is 170 Å². The first-order valence-corrected chi connectivity index (χ1v) is 9.21. The van der Waals surface area contributed by atoms with E-state index in [4.69, 9.17) is 9.15 Å². The Morgan fingerprint density at radius 2 is 1.89 bits per heavy atom. The van der Waals surface area contributed by atoms with Crippen LogP contribution >= 0.6 is 22.6 Å². The Balaban J connectivity index is 1.74. The molecule has 138 valence electrons. The highest BCUT2D eigenvalue weighted by Crippen LogP contribution is 2.23. The van der Waals surface area contributed by atoms with Gasteiger partial charge in [-0.2, -0.15) is 0 Å². The zero-order valence-electron chi connectivity index (χ0n) is 14.5. The van der Waals surface area contributed by atoms with Gasteiger partial charge in [-0.05, 0) is 65.1 Å². The van der Waals surface area contributed by atoms with E-state index in [-0.39, 0.29) is 18.4 Å². The van der Waals surface area contributed by atoms with Crippen LogP contribution in [0, 0.1) is 3.57 Å². The second-order valence-electron chi connectivity index (χ2n) is 5.61. The lowest BCUT2D eigenvalue weighted by atomic mass is 10.1. The number of para-hydroxylation sites is 1. The summed E-state index contributed by atoms with van der Waals surface area (Å²) in [6.07, 6.45) is 1.55. The number of benzene rings is 2. The SMILES string of the molecule is COc1ccc(C(=O)Nc2ccccc2C(=O)NCc2ccco2)cc1I. The van der Waals surface area contributed by atoms with Gasteiger partial charge in [-0.1, -0.05) is 12.1 Å². The van der Waals surface area contributed by atoms with Gasteiger partial charge in [-0.25, -0.2) is 0 Å². The average Bonchev–Trinajstić information content (AvgIpc) is 3.20. The molecule has 1 heterocycles. The molecule has 0 saturated heterocycles. The maximum Gasteiger partial charge on any atom is 0.255 e. The predicted octanol–water partition coefficient (Wildman–Crippen LogP) is 4.08. The van der Waals surface area contributed by atoms with Gasteiger partial charge in [0, 0.05) is 5.56 Å². The molecule has 2 N–H and O–H groups in total. The van der Waals surface area contributed by atoms with E-state index >= 15 is 0 Å². The lowest BCUT2D eigenvalue weighted by molar-refractivity contribution is 0.0949. The van der Waals surface area contributed by atoms with Crippen molar-refractivity contribution in [1.82, 2.24) is 5.32 Å². The number of ether oxygens (including phenoxy) is 1. The summed E-state index contributed by atoms with van der Waals surface area (Å²) in [6.45, 7) is 0.269. The van der Waals surface area contributed by atoms with Gasteiger partial charge in [0.2, 0.25) is 0 Å². The molecule has 0 bridgehead atoms. The van der Waals surface area contributed by atoms with Crippen molar-refractivity contribution in [1.29, 1.82) is 0 Å². The summed E-state index contributed by atoms with van der Waals surface area (Å²) < 4.78 is 11.2.